The molecule has 1 aliphatic rings. The lowest BCUT2D eigenvalue weighted by molar-refractivity contribution is -0.129. The summed E-state index contributed by atoms with van der Waals surface area (Å²) in [4.78, 5) is 31.8. The second kappa shape index (κ2) is 8.16. The van der Waals surface area contributed by atoms with Crippen molar-refractivity contribution in [2.45, 2.75) is 19.3 Å². The number of halogens is 1. The zero-order valence-corrected chi connectivity index (χ0v) is 16.5. The highest BCUT2D eigenvalue weighted by Gasteiger charge is 2.35. The van der Waals surface area contributed by atoms with E-state index in [1.54, 1.807) is 19.2 Å². The lowest BCUT2D eigenvalue weighted by Gasteiger charge is -2.17. The van der Waals surface area contributed by atoms with Gasteiger partial charge < -0.3 is 10.6 Å². The number of carbonyl (C=O) groups is 1. The van der Waals surface area contributed by atoms with Crippen LogP contribution in [0.15, 0.2) is 47.4 Å². The zero-order chi connectivity index (χ0) is 19.0. The number of aryl methyl sites for hydroxylation is 1. The summed E-state index contributed by atoms with van der Waals surface area (Å²) in [5.74, 6) is 0.397. The summed E-state index contributed by atoms with van der Waals surface area (Å²) in [5.41, 5.74) is 8.55. The number of carbonyl (C=O) groups excluding carboxylic acids is 1. The molecule has 0 bridgehead atoms. The topological polar surface area (TPSA) is 96.5 Å². The number of benzene rings is 1. The van der Waals surface area contributed by atoms with Crippen LogP contribution in [0.25, 0.3) is 5.65 Å². The lowest BCUT2D eigenvalue weighted by Crippen LogP contribution is -2.34. The number of H-pyrrole nitrogens is 1. The Morgan fingerprint density at radius 1 is 1.25 bits per heavy atom. The molecule has 0 saturated carbocycles. The fourth-order valence-electron chi connectivity index (χ4n) is 3.96. The Labute approximate surface area is 169 Å². The van der Waals surface area contributed by atoms with Crippen molar-refractivity contribution < 1.29 is 4.79 Å². The number of nitrogens with zero attached hydrogens (tertiary/aromatic N) is 3. The van der Waals surface area contributed by atoms with Gasteiger partial charge in [0, 0.05) is 42.5 Å². The van der Waals surface area contributed by atoms with E-state index < -0.39 is 0 Å². The number of amides is 1. The summed E-state index contributed by atoms with van der Waals surface area (Å²) in [6.07, 6.45) is 1.71. The highest BCUT2D eigenvalue weighted by Crippen LogP contribution is 2.32. The normalized spacial score (nSPS) is 19.0. The molecule has 28 heavy (non-hydrogen) atoms. The number of hydrogen-bond donors (Lipinski definition) is 2. The smallest absolute Gasteiger partial charge is 0.276 e. The van der Waals surface area contributed by atoms with Gasteiger partial charge in [0.05, 0.1) is 6.42 Å². The maximum atomic E-state index is 12.9. The maximum absolute atomic E-state index is 12.9. The molecule has 1 aliphatic heterocycles. The predicted molar refractivity (Wildman–Crippen MR) is 110 cm³/mol. The van der Waals surface area contributed by atoms with Gasteiger partial charge in [-0.25, -0.2) is 9.50 Å². The van der Waals surface area contributed by atoms with Gasteiger partial charge in [0.1, 0.15) is 0 Å². The van der Waals surface area contributed by atoms with Gasteiger partial charge in [-0.15, -0.1) is 12.4 Å². The molecule has 8 heteroatoms. The van der Waals surface area contributed by atoms with Crippen molar-refractivity contribution in [3.8, 4) is 0 Å². The van der Waals surface area contributed by atoms with Gasteiger partial charge in [-0.3, -0.25) is 14.7 Å². The molecule has 7 nitrogen and oxygen atoms in total. The summed E-state index contributed by atoms with van der Waals surface area (Å²) in [5, 5.41) is 2.84. The Morgan fingerprint density at radius 3 is 2.71 bits per heavy atom. The Hall–Kier alpha value is -2.64. The van der Waals surface area contributed by atoms with Gasteiger partial charge in [-0.2, -0.15) is 0 Å². The van der Waals surface area contributed by atoms with Crippen molar-refractivity contribution in [1.82, 2.24) is 19.5 Å². The van der Waals surface area contributed by atoms with Crippen LogP contribution < -0.4 is 11.3 Å². The second-order valence-corrected chi connectivity index (χ2v) is 7.13. The average Bonchev–Trinajstić information content (AvgIpc) is 3.32. The first-order valence-corrected chi connectivity index (χ1v) is 9.17. The number of nitrogens with two attached hydrogens (primary N) is 1. The van der Waals surface area contributed by atoms with Crippen LogP contribution in [0.1, 0.15) is 22.7 Å². The summed E-state index contributed by atoms with van der Waals surface area (Å²) in [6, 6.07) is 11.9. The monoisotopic (exact) mass is 401 g/mol. The van der Waals surface area contributed by atoms with Crippen LogP contribution in [0.5, 0.6) is 0 Å². The molecule has 2 atom stereocenters. The number of fused-ring (bicyclic) bond motifs is 1. The van der Waals surface area contributed by atoms with Crippen LogP contribution in [0.3, 0.4) is 0 Å². The number of likely N-dealkylation sites (tertiary alicyclic amines) is 1. The molecular weight excluding hydrogens is 378 g/mol. The third-order valence-corrected chi connectivity index (χ3v) is 5.50. The number of aromatic amines is 1. The van der Waals surface area contributed by atoms with Gasteiger partial charge in [0.25, 0.3) is 5.56 Å². The molecule has 3 N–H and O–H groups in total. The predicted octanol–water partition coefficient (Wildman–Crippen LogP) is 1.50. The van der Waals surface area contributed by atoms with Crippen molar-refractivity contribution in [1.29, 1.82) is 0 Å². The van der Waals surface area contributed by atoms with Crippen LogP contribution >= 0.6 is 12.4 Å². The molecule has 0 unspecified atom stereocenters. The first-order valence-electron chi connectivity index (χ1n) is 9.17. The quantitative estimate of drug-likeness (QED) is 0.692. The van der Waals surface area contributed by atoms with E-state index in [1.165, 1.54) is 10.1 Å². The summed E-state index contributed by atoms with van der Waals surface area (Å²) in [6.45, 7) is 3.55. The van der Waals surface area contributed by atoms with Gasteiger partial charge in [-0.05, 0) is 24.9 Å². The van der Waals surface area contributed by atoms with Gasteiger partial charge in [-0.1, -0.05) is 30.3 Å². The molecule has 1 aromatic carbocycles. The van der Waals surface area contributed by atoms with Crippen molar-refractivity contribution >= 4 is 24.0 Å². The Kier molecular flexibility index (Phi) is 5.86. The minimum absolute atomic E-state index is 0. The Balaban J connectivity index is 0.00000225. The fourth-order valence-corrected chi connectivity index (χ4v) is 3.96. The number of nitrogens with one attached hydrogen (secondary N) is 1. The van der Waals surface area contributed by atoms with Gasteiger partial charge in [0.2, 0.25) is 5.91 Å². The van der Waals surface area contributed by atoms with Crippen molar-refractivity contribution in [2.75, 3.05) is 19.6 Å². The lowest BCUT2D eigenvalue weighted by atomic mass is 9.89. The van der Waals surface area contributed by atoms with Crippen molar-refractivity contribution in [3.05, 3.63) is 69.8 Å². The molecular formula is C20H24ClN5O2. The van der Waals surface area contributed by atoms with Crippen molar-refractivity contribution in [3.63, 3.8) is 0 Å². The SMILES string of the molecule is Cc1nc2cc[nH]n2c(=O)c1CC(=O)N1C[C@@H](CN)[C@H](c2ccccc2)C1.Cl. The van der Waals surface area contributed by atoms with Crippen LogP contribution in [-0.2, 0) is 11.2 Å². The highest BCUT2D eigenvalue weighted by atomic mass is 35.5. The fraction of sp³-hybridized carbons (Fsp3) is 0.350. The standard InChI is InChI=1S/C20H23N5O2.ClH/c1-13-16(20(27)25-18(23-13)7-8-22-25)9-19(26)24-11-15(10-21)17(12-24)14-5-3-2-4-6-14;/h2-8,15,17,22H,9-12,21H2,1H3;1H/t15-,17+;/m1./s1. The van der Waals surface area contributed by atoms with Crippen LogP contribution in [0.4, 0.5) is 0 Å². The molecule has 0 spiro atoms. The van der Waals surface area contributed by atoms with E-state index >= 15 is 0 Å². The van der Waals surface area contributed by atoms with Crippen molar-refractivity contribution in [2.24, 2.45) is 11.7 Å². The largest absolute Gasteiger partial charge is 0.341 e. The Morgan fingerprint density at radius 2 is 2.00 bits per heavy atom. The van der Waals surface area contributed by atoms with Crippen LogP contribution in [0.2, 0.25) is 0 Å². The summed E-state index contributed by atoms with van der Waals surface area (Å²) >= 11 is 0. The molecule has 148 valence electrons. The van der Waals surface area contributed by atoms with E-state index in [1.807, 2.05) is 23.1 Å². The number of hydrogen-bond acceptors (Lipinski definition) is 4. The summed E-state index contributed by atoms with van der Waals surface area (Å²) < 4.78 is 1.37. The molecule has 1 saturated heterocycles. The maximum Gasteiger partial charge on any atom is 0.276 e. The first kappa shape index (κ1) is 20.1. The average molecular weight is 402 g/mol. The third-order valence-electron chi connectivity index (χ3n) is 5.50. The van der Waals surface area contributed by atoms with E-state index in [2.05, 4.69) is 22.2 Å². The van der Waals surface area contributed by atoms with E-state index in [9.17, 15) is 9.59 Å². The molecule has 2 aromatic heterocycles. The van der Waals surface area contributed by atoms with Crippen LogP contribution in [-0.4, -0.2) is 45.0 Å². The third kappa shape index (κ3) is 3.55. The van der Waals surface area contributed by atoms with Gasteiger partial charge >= 0.3 is 0 Å². The molecule has 3 heterocycles. The number of rotatable bonds is 4. The van der Waals surface area contributed by atoms with E-state index in [0.717, 1.165) is 0 Å². The zero-order valence-electron chi connectivity index (χ0n) is 15.7. The van der Waals surface area contributed by atoms with E-state index in [0.29, 0.717) is 36.5 Å². The number of aromatic nitrogens is 3. The van der Waals surface area contributed by atoms with Crippen LogP contribution in [0, 0.1) is 12.8 Å². The van der Waals surface area contributed by atoms with Gasteiger partial charge in [0.15, 0.2) is 5.65 Å². The molecule has 0 aliphatic carbocycles. The minimum Gasteiger partial charge on any atom is -0.341 e. The minimum atomic E-state index is -0.218. The molecule has 3 aromatic rings. The molecule has 4 rings (SSSR count). The van der Waals surface area contributed by atoms with E-state index in [-0.39, 0.29) is 42.1 Å². The highest BCUT2D eigenvalue weighted by molar-refractivity contribution is 5.85. The summed E-state index contributed by atoms with van der Waals surface area (Å²) in [7, 11) is 0. The molecule has 0 radical (unpaired) electrons. The second-order valence-electron chi connectivity index (χ2n) is 7.13. The first-order chi connectivity index (χ1) is 13.1. The molecule has 1 amide bonds. The Bertz CT molecular complexity index is 1030. The van der Waals surface area contributed by atoms with E-state index in [4.69, 9.17) is 5.73 Å². The molecule has 1 fully saturated rings.